The van der Waals surface area contributed by atoms with E-state index in [1.807, 2.05) is 24.2 Å². The number of likely N-dealkylation sites (tertiary alicyclic amines) is 2. The third kappa shape index (κ3) is 4.11. The molecule has 1 aromatic rings. The van der Waals surface area contributed by atoms with Crippen molar-refractivity contribution in [2.45, 2.75) is 39.2 Å². The van der Waals surface area contributed by atoms with E-state index in [9.17, 15) is 4.79 Å². The van der Waals surface area contributed by atoms with Crippen LogP contribution < -0.4 is 0 Å². The number of piperidine rings is 2. The molecule has 24 heavy (non-hydrogen) atoms. The van der Waals surface area contributed by atoms with Crippen LogP contribution in [0.4, 0.5) is 0 Å². The number of aryl methyl sites for hydroxylation is 1. The van der Waals surface area contributed by atoms with E-state index in [4.69, 9.17) is 4.74 Å². The minimum atomic E-state index is 0.289. The molecule has 6 nitrogen and oxygen atoms in total. The van der Waals surface area contributed by atoms with E-state index >= 15 is 0 Å². The number of aromatic nitrogens is 2. The lowest BCUT2D eigenvalue weighted by Crippen LogP contribution is -2.52. The van der Waals surface area contributed by atoms with Crippen molar-refractivity contribution >= 4 is 5.91 Å². The molecule has 0 N–H and O–H groups in total. The summed E-state index contributed by atoms with van der Waals surface area (Å²) in [5.41, 5.74) is 1.49. The van der Waals surface area contributed by atoms with Gasteiger partial charge >= 0.3 is 0 Å². The van der Waals surface area contributed by atoms with Crippen molar-refractivity contribution in [2.24, 2.45) is 5.41 Å². The van der Waals surface area contributed by atoms with Gasteiger partial charge < -0.3 is 9.64 Å². The summed E-state index contributed by atoms with van der Waals surface area (Å²) in [5, 5.41) is 0. The van der Waals surface area contributed by atoms with Gasteiger partial charge in [-0.3, -0.25) is 9.69 Å². The first kappa shape index (κ1) is 17.3. The van der Waals surface area contributed by atoms with Crippen molar-refractivity contribution in [3.8, 4) is 0 Å². The first-order chi connectivity index (χ1) is 11.6. The Morgan fingerprint density at radius 2 is 1.92 bits per heavy atom. The number of amides is 1. The first-order valence-electron chi connectivity index (χ1n) is 8.87. The minimum Gasteiger partial charge on any atom is -0.383 e. The molecule has 0 atom stereocenters. The predicted molar refractivity (Wildman–Crippen MR) is 91.4 cm³/mol. The number of carbonyl (C=O) groups is 1. The molecule has 132 valence electrons. The second kappa shape index (κ2) is 7.57. The molecule has 0 radical (unpaired) electrons. The van der Waals surface area contributed by atoms with Crippen LogP contribution >= 0.6 is 0 Å². The van der Waals surface area contributed by atoms with Crippen LogP contribution in [0.25, 0.3) is 0 Å². The third-order valence-electron chi connectivity index (χ3n) is 5.47. The molecule has 1 spiro atoms. The van der Waals surface area contributed by atoms with E-state index in [1.165, 1.54) is 5.56 Å². The molecule has 3 heterocycles. The standard InChI is InChI=1S/C18H28N4O2/c1-15-19-11-16(12-20-15)13-21-7-5-18(6-8-21)4-3-17(23)22(14-18)9-10-24-2/h11-12H,3-10,13-14H2,1-2H3. The summed E-state index contributed by atoms with van der Waals surface area (Å²) in [6, 6.07) is 0. The molecule has 2 saturated heterocycles. The lowest BCUT2D eigenvalue weighted by atomic mass is 9.72. The Hall–Kier alpha value is -1.53. The Bertz CT molecular complexity index is 553. The number of carbonyl (C=O) groups excluding carboxylic acids is 1. The smallest absolute Gasteiger partial charge is 0.222 e. The van der Waals surface area contributed by atoms with Gasteiger partial charge in [-0.25, -0.2) is 9.97 Å². The van der Waals surface area contributed by atoms with Crippen LogP contribution in [0, 0.1) is 12.3 Å². The Morgan fingerprint density at radius 3 is 2.58 bits per heavy atom. The van der Waals surface area contributed by atoms with Crippen LogP contribution in [0.2, 0.25) is 0 Å². The van der Waals surface area contributed by atoms with Gasteiger partial charge in [0, 0.05) is 51.1 Å². The van der Waals surface area contributed by atoms with Crippen molar-refractivity contribution < 1.29 is 9.53 Å². The number of methoxy groups -OCH3 is 1. The third-order valence-corrected chi connectivity index (χ3v) is 5.47. The number of ether oxygens (including phenoxy) is 1. The van der Waals surface area contributed by atoms with Crippen LogP contribution in [-0.2, 0) is 16.1 Å². The van der Waals surface area contributed by atoms with E-state index in [-0.39, 0.29) is 5.91 Å². The van der Waals surface area contributed by atoms with Crippen LogP contribution in [0.3, 0.4) is 0 Å². The molecular weight excluding hydrogens is 304 g/mol. The fraction of sp³-hybridized carbons (Fsp3) is 0.722. The Kier molecular flexibility index (Phi) is 5.46. The van der Waals surface area contributed by atoms with Crippen molar-refractivity contribution in [1.82, 2.24) is 19.8 Å². The quantitative estimate of drug-likeness (QED) is 0.820. The van der Waals surface area contributed by atoms with Crippen molar-refractivity contribution in [3.05, 3.63) is 23.8 Å². The van der Waals surface area contributed by atoms with Gasteiger partial charge in [-0.05, 0) is 44.7 Å². The van der Waals surface area contributed by atoms with Gasteiger partial charge in [-0.2, -0.15) is 0 Å². The van der Waals surface area contributed by atoms with Crippen LogP contribution in [0.15, 0.2) is 12.4 Å². The van der Waals surface area contributed by atoms with Crippen LogP contribution in [0.5, 0.6) is 0 Å². The zero-order valence-corrected chi connectivity index (χ0v) is 14.8. The molecule has 0 unspecified atom stereocenters. The lowest BCUT2D eigenvalue weighted by molar-refractivity contribution is -0.139. The van der Waals surface area contributed by atoms with Gasteiger partial charge in [0.25, 0.3) is 0 Å². The average molecular weight is 332 g/mol. The normalized spacial score (nSPS) is 21.4. The number of hydrogen-bond acceptors (Lipinski definition) is 5. The zero-order chi connectivity index (χ0) is 17.0. The Labute approximate surface area is 144 Å². The van der Waals surface area contributed by atoms with Gasteiger partial charge in [0.05, 0.1) is 6.61 Å². The highest BCUT2D eigenvalue weighted by atomic mass is 16.5. The van der Waals surface area contributed by atoms with Gasteiger partial charge in [-0.15, -0.1) is 0 Å². The molecule has 3 rings (SSSR count). The van der Waals surface area contributed by atoms with Crippen molar-refractivity contribution in [1.29, 1.82) is 0 Å². The van der Waals surface area contributed by atoms with Gasteiger partial charge in [0.15, 0.2) is 0 Å². The SMILES string of the molecule is COCCN1CC2(CCC1=O)CCN(Cc1cnc(C)nc1)CC2. The monoisotopic (exact) mass is 332 g/mol. The van der Waals surface area contributed by atoms with E-state index < -0.39 is 0 Å². The number of hydrogen-bond donors (Lipinski definition) is 0. The molecule has 2 aliphatic heterocycles. The van der Waals surface area contributed by atoms with E-state index in [0.29, 0.717) is 18.4 Å². The van der Waals surface area contributed by atoms with E-state index in [0.717, 1.165) is 57.8 Å². The minimum absolute atomic E-state index is 0.289. The lowest BCUT2D eigenvalue weighted by Gasteiger charge is -2.47. The maximum atomic E-state index is 12.1. The Morgan fingerprint density at radius 1 is 1.21 bits per heavy atom. The first-order valence-corrected chi connectivity index (χ1v) is 8.87. The molecule has 1 aromatic heterocycles. The fourth-order valence-corrected chi connectivity index (χ4v) is 3.86. The van der Waals surface area contributed by atoms with Crippen LogP contribution in [-0.4, -0.2) is 65.6 Å². The molecule has 0 saturated carbocycles. The van der Waals surface area contributed by atoms with Crippen molar-refractivity contribution in [3.63, 3.8) is 0 Å². The van der Waals surface area contributed by atoms with Gasteiger partial charge in [0.1, 0.15) is 5.82 Å². The molecule has 0 bridgehead atoms. The largest absolute Gasteiger partial charge is 0.383 e. The van der Waals surface area contributed by atoms with E-state index in [1.54, 1.807) is 7.11 Å². The highest BCUT2D eigenvalue weighted by molar-refractivity contribution is 5.77. The van der Waals surface area contributed by atoms with Gasteiger partial charge in [0.2, 0.25) is 5.91 Å². The maximum Gasteiger partial charge on any atom is 0.222 e. The summed E-state index contributed by atoms with van der Waals surface area (Å²) in [6.07, 6.45) is 7.91. The second-order valence-electron chi connectivity index (χ2n) is 7.22. The molecule has 6 heteroatoms. The molecule has 1 amide bonds. The highest BCUT2D eigenvalue weighted by Gasteiger charge is 2.40. The fourth-order valence-electron chi connectivity index (χ4n) is 3.86. The maximum absolute atomic E-state index is 12.1. The zero-order valence-electron chi connectivity index (χ0n) is 14.8. The predicted octanol–water partition coefficient (Wildman–Crippen LogP) is 1.64. The molecule has 0 aliphatic carbocycles. The average Bonchev–Trinajstić information content (AvgIpc) is 2.60. The summed E-state index contributed by atoms with van der Waals surface area (Å²) >= 11 is 0. The number of rotatable bonds is 5. The molecular formula is C18H28N4O2. The molecule has 2 fully saturated rings. The summed E-state index contributed by atoms with van der Waals surface area (Å²) in [6.45, 7) is 7.25. The highest BCUT2D eigenvalue weighted by Crippen LogP contribution is 2.40. The summed E-state index contributed by atoms with van der Waals surface area (Å²) in [5.74, 6) is 1.11. The Balaban J connectivity index is 1.53. The van der Waals surface area contributed by atoms with Crippen molar-refractivity contribution in [2.75, 3.05) is 39.9 Å². The summed E-state index contributed by atoms with van der Waals surface area (Å²) in [7, 11) is 1.69. The molecule has 0 aromatic carbocycles. The topological polar surface area (TPSA) is 58.6 Å². The summed E-state index contributed by atoms with van der Waals surface area (Å²) < 4.78 is 5.15. The molecule has 2 aliphatic rings. The summed E-state index contributed by atoms with van der Waals surface area (Å²) in [4.78, 5) is 25.2. The number of nitrogens with zero attached hydrogens (tertiary/aromatic N) is 4. The van der Waals surface area contributed by atoms with Gasteiger partial charge in [-0.1, -0.05) is 0 Å². The van der Waals surface area contributed by atoms with E-state index in [2.05, 4.69) is 14.9 Å². The van der Waals surface area contributed by atoms with Crippen LogP contribution in [0.1, 0.15) is 37.1 Å². The second-order valence-corrected chi connectivity index (χ2v) is 7.22.